The van der Waals surface area contributed by atoms with Gasteiger partial charge in [0.15, 0.2) is 0 Å². The van der Waals surface area contributed by atoms with Crippen LogP contribution < -0.4 is 5.32 Å². The van der Waals surface area contributed by atoms with Crippen molar-refractivity contribution in [2.45, 2.75) is 72.4 Å². The number of aliphatic carboxylic acids is 1. The van der Waals surface area contributed by atoms with Crippen molar-refractivity contribution in [1.29, 1.82) is 5.53 Å². The molecule has 1 fully saturated rings. The summed E-state index contributed by atoms with van der Waals surface area (Å²) in [4.78, 5) is 19.8. The first-order valence-electron chi connectivity index (χ1n) is 13.9. The third-order valence-electron chi connectivity index (χ3n) is 8.35. The van der Waals surface area contributed by atoms with Gasteiger partial charge in [-0.05, 0) is 87.5 Å². The van der Waals surface area contributed by atoms with E-state index < -0.39 is 17.3 Å². The van der Waals surface area contributed by atoms with Crippen LogP contribution in [0.3, 0.4) is 0 Å². The molecule has 8 nitrogen and oxygen atoms in total. The number of carbonyl (C=O) groups is 1. The van der Waals surface area contributed by atoms with Crippen LogP contribution in [0, 0.1) is 24.8 Å². The van der Waals surface area contributed by atoms with Gasteiger partial charge in [0, 0.05) is 31.9 Å². The molecule has 1 saturated heterocycles. The van der Waals surface area contributed by atoms with Crippen LogP contribution in [0.1, 0.15) is 79.1 Å². The first kappa shape index (κ1) is 28.5. The van der Waals surface area contributed by atoms with E-state index in [0.29, 0.717) is 12.2 Å². The van der Waals surface area contributed by atoms with E-state index in [4.69, 9.17) is 10.5 Å². The number of likely N-dealkylation sites (tertiary alicyclic amines) is 1. The minimum Gasteiger partial charge on any atom is -0.481 e. The summed E-state index contributed by atoms with van der Waals surface area (Å²) in [6.45, 7) is 11.3. The van der Waals surface area contributed by atoms with Crippen LogP contribution in [0.25, 0.3) is 0 Å². The number of hydrogen-bond donors (Lipinski definition) is 3. The molecule has 0 saturated carbocycles. The van der Waals surface area contributed by atoms with Gasteiger partial charge in [-0.15, -0.1) is 0 Å². The fourth-order valence-corrected chi connectivity index (χ4v) is 5.84. The van der Waals surface area contributed by atoms with E-state index in [-0.39, 0.29) is 0 Å². The van der Waals surface area contributed by atoms with E-state index in [1.165, 1.54) is 25.7 Å². The van der Waals surface area contributed by atoms with Crippen molar-refractivity contribution in [3.63, 3.8) is 0 Å². The van der Waals surface area contributed by atoms with Gasteiger partial charge in [-0.25, -0.2) is 10.5 Å². The number of nitrogens with one attached hydrogen (secondary N) is 2. The topological polar surface area (TPSA) is 107 Å². The number of carboxylic acid groups (broad SMARTS) is 1. The molecule has 208 valence electrons. The molecule has 39 heavy (non-hydrogen) atoms. The highest BCUT2D eigenvalue weighted by atomic mass is 16.4. The van der Waals surface area contributed by atoms with Crippen molar-refractivity contribution in [3.05, 3.63) is 76.4 Å². The van der Waals surface area contributed by atoms with Gasteiger partial charge in [-0.1, -0.05) is 37.1 Å². The molecule has 1 aliphatic heterocycles. The lowest BCUT2D eigenvalue weighted by Gasteiger charge is -2.33. The third-order valence-corrected chi connectivity index (χ3v) is 8.35. The summed E-state index contributed by atoms with van der Waals surface area (Å²) in [5, 5.41) is 17.2. The molecule has 0 unspecified atom stereocenters. The number of carboxylic acids is 1. The molecule has 0 bridgehead atoms. The van der Waals surface area contributed by atoms with Gasteiger partial charge in [0.25, 0.3) is 0 Å². The summed E-state index contributed by atoms with van der Waals surface area (Å²) < 4.78 is 2.22. The summed E-state index contributed by atoms with van der Waals surface area (Å²) in [5.41, 5.74) is 12.9. The zero-order valence-corrected chi connectivity index (χ0v) is 23.9. The van der Waals surface area contributed by atoms with Gasteiger partial charge in [0.05, 0.1) is 17.6 Å². The lowest BCUT2D eigenvalue weighted by Crippen LogP contribution is -2.32. The number of rotatable bonds is 10. The van der Waals surface area contributed by atoms with Crippen molar-refractivity contribution >= 4 is 17.3 Å². The van der Waals surface area contributed by atoms with E-state index in [0.717, 1.165) is 59.0 Å². The number of nitrogens with zero attached hydrogens (tertiary/aromatic N) is 4. The number of aromatic nitrogens is 2. The van der Waals surface area contributed by atoms with Gasteiger partial charge in [0.1, 0.15) is 11.5 Å². The Morgan fingerprint density at radius 2 is 1.85 bits per heavy atom. The number of aryl methyl sites for hydroxylation is 1. The van der Waals surface area contributed by atoms with Crippen molar-refractivity contribution < 1.29 is 9.90 Å². The molecule has 0 aliphatic carbocycles. The molecule has 0 radical (unpaired) electrons. The van der Waals surface area contributed by atoms with Crippen LogP contribution in [0.5, 0.6) is 0 Å². The van der Waals surface area contributed by atoms with Gasteiger partial charge >= 0.3 is 5.97 Å². The van der Waals surface area contributed by atoms with E-state index in [1.54, 1.807) is 20.9 Å². The maximum atomic E-state index is 12.6. The van der Waals surface area contributed by atoms with Gasteiger partial charge in [-0.3, -0.25) is 9.69 Å². The summed E-state index contributed by atoms with van der Waals surface area (Å²) in [7, 11) is 1.80. The van der Waals surface area contributed by atoms with Crippen LogP contribution in [0.4, 0.5) is 11.4 Å². The monoisotopic (exact) mass is 530 g/mol. The van der Waals surface area contributed by atoms with Gasteiger partial charge in [0.2, 0.25) is 0 Å². The van der Waals surface area contributed by atoms with Crippen molar-refractivity contribution in [2.24, 2.45) is 10.5 Å². The molecule has 8 heteroatoms. The van der Waals surface area contributed by atoms with Crippen LogP contribution in [0.15, 0.2) is 47.8 Å². The highest BCUT2D eigenvalue weighted by Gasteiger charge is 2.40. The number of imidazole rings is 1. The molecule has 1 atom stereocenters. The second-order valence-electron chi connectivity index (χ2n) is 11.3. The molecular weight excluding hydrogens is 488 g/mol. The Morgan fingerprint density at radius 3 is 2.49 bits per heavy atom. The molecule has 4 rings (SSSR count). The zero-order valence-electron chi connectivity index (χ0n) is 23.9. The highest BCUT2D eigenvalue weighted by Crippen LogP contribution is 2.46. The lowest BCUT2D eigenvalue weighted by molar-refractivity contribution is -0.147. The molecular formula is C31H42N6O2. The average Bonchev–Trinajstić information content (AvgIpc) is 3.17. The first-order chi connectivity index (χ1) is 18.7. The summed E-state index contributed by atoms with van der Waals surface area (Å²) in [6, 6.07) is 10.1. The van der Waals surface area contributed by atoms with Crippen LogP contribution >= 0.6 is 0 Å². The summed E-state index contributed by atoms with van der Waals surface area (Å²) in [5.74, 6) is -0.241. The largest absolute Gasteiger partial charge is 0.481 e. The van der Waals surface area contributed by atoms with Gasteiger partial charge in [-0.2, -0.15) is 5.11 Å². The van der Waals surface area contributed by atoms with E-state index in [2.05, 4.69) is 39.0 Å². The van der Waals surface area contributed by atoms with Crippen molar-refractivity contribution in [2.75, 3.05) is 25.5 Å². The Balaban J connectivity index is 1.73. The molecule has 0 spiro atoms. The smallest absolute Gasteiger partial charge is 0.310 e. The second-order valence-corrected chi connectivity index (χ2v) is 11.3. The van der Waals surface area contributed by atoms with Crippen molar-refractivity contribution in [1.82, 2.24) is 14.5 Å². The molecule has 0 amide bonds. The zero-order chi connectivity index (χ0) is 28.2. The Labute approximate surface area is 232 Å². The number of benzene rings is 2. The lowest BCUT2D eigenvalue weighted by atomic mass is 9.69. The fourth-order valence-electron chi connectivity index (χ4n) is 5.84. The standard InChI is InChI=1S/C31H42N6O2/c1-21-10-11-23(18-24(21)19-37-17-14-34-27(37)20-36-15-8-6-7-9-16-36)28(31(3,4)30(38)39)25-12-13-26(33-5)29(35-32)22(25)2/h10-14,17-18,28,32-33H,6-9,15-16,19-20H2,1-5H3,(H,38,39)/t28-/m0/s1. The Morgan fingerprint density at radius 1 is 1.13 bits per heavy atom. The molecule has 2 heterocycles. The van der Waals surface area contributed by atoms with Crippen LogP contribution in [-0.2, 0) is 17.9 Å². The average molecular weight is 531 g/mol. The predicted molar refractivity (Wildman–Crippen MR) is 155 cm³/mol. The van der Waals surface area contributed by atoms with E-state index >= 15 is 0 Å². The third kappa shape index (κ3) is 6.06. The fraction of sp³-hybridized carbons (Fsp3) is 0.484. The van der Waals surface area contributed by atoms with Crippen LogP contribution in [-0.4, -0.2) is 45.7 Å². The maximum absolute atomic E-state index is 12.6. The number of anilines is 1. The minimum atomic E-state index is -1.09. The SMILES string of the molecule is CNc1ccc([C@H](c2ccc(C)c(Cn3ccnc3CN3CCCCCC3)c2)C(C)(C)C(=O)O)c(C)c1N=N. The molecule has 2 aromatic carbocycles. The number of hydrogen-bond acceptors (Lipinski definition) is 6. The van der Waals surface area contributed by atoms with E-state index in [9.17, 15) is 9.90 Å². The Hall–Kier alpha value is -3.52. The molecule has 1 aliphatic rings. The molecule has 3 N–H and O–H groups in total. The Kier molecular flexibility index (Phi) is 8.85. The van der Waals surface area contributed by atoms with Gasteiger partial charge < -0.3 is 15.0 Å². The first-order valence-corrected chi connectivity index (χ1v) is 13.9. The highest BCUT2D eigenvalue weighted by molar-refractivity contribution is 5.78. The normalized spacial score (nSPS) is 15.5. The summed E-state index contributed by atoms with van der Waals surface area (Å²) >= 11 is 0. The van der Waals surface area contributed by atoms with Crippen LogP contribution in [0.2, 0.25) is 0 Å². The second kappa shape index (κ2) is 12.1. The predicted octanol–water partition coefficient (Wildman–Crippen LogP) is 6.87. The minimum absolute atomic E-state index is 0.430. The van der Waals surface area contributed by atoms with Crippen molar-refractivity contribution in [3.8, 4) is 0 Å². The summed E-state index contributed by atoms with van der Waals surface area (Å²) in [6.07, 6.45) is 9.01. The molecule has 3 aromatic rings. The van der Waals surface area contributed by atoms with E-state index in [1.807, 2.05) is 37.5 Å². The quantitative estimate of drug-likeness (QED) is 0.248. The maximum Gasteiger partial charge on any atom is 0.310 e. The Bertz CT molecular complexity index is 1320. The molecule has 1 aromatic heterocycles.